The van der Waals surface area contributed by atoms with E-state index in [4.69, 9.17) is 15.6 Å². The zero-order valence-corrected chi connectivity index (χ0v) is 19.0. The molecular weight excluding hydrogens is 437 g/mol. The van der Waals surface area contributed by atoms with Crippen LogP contribution in [0.3, 0.4) is 0 Å². The highest BCUT2D eigenvalue weighted by molar-refractivity contribution is 5.98. The summed E-state index contributed by atoms with van der Waals surface area (Å²) >= 11 is 0. The van der Waals surface area contributed by atoms with Crippen molar-refractivity contribution in [1.29, 1.82) is 0 Å². The van der Waals surface area contributed by atoms with Crippen molar-refractivity contribution in [2.45, 2.75) is 25.4 Å². The molecule has 2 aliphatic heterocycles. The molecule has 2 saturated heterocycles. The molecule has 2 aromatic heterocycles. The molecule has 5 rings (SSSR count). The van der Waals surface area contributed by atoms with Gasteiger partial charge in [-0.25, -0.2) is 19.0 Å². The van der Waals surface area contributed by atoms with Crippen LogP contribution in [0, 0.1) is 5.82 Å². The summed E-state index contributed by atoms with van der Waals surface area (Å²) in [6.45, 7) is 8.22. The number of benzene rings is 1. The smallest absolute Gasteiger partial charge is 0.246 e. The molecule has 2 aliphatic rings. The van der Waals surface area contributed by atoms with Crippen molar-refractivity contribution in [2.24, 2.45) is 0 Å². The number of hydrogen-bond acceptors (Lipinski definition) is 7. The van der Waals surface area contributed by atoms with Crippen LogP contribution >= 0.6 is 0 Å². The van der Waals surface area contributed by atoms with Crippen LogP contribution in [0.4, 0.5) is 10.2 Å². The molecule has 1 atom stereocenters. The van der Waals surface area contributed by atoms with Crippen LogP contribution in [0.25, 0.3) is 22.3 Å². The summed E-state index contributed by atoms with van der Waals surface area (Å²) in [6.07, 6.45) is 4.41. The molecule has 0 bridgehead atoms. The lowest BCUT2D eigenvalue weighted by atomic mass is 10.1. The first-order chi connectivity index (χ1) is 16.5. The molecule has 9 nitrogen and oxygen atoms in total. The summed E-state index contributed by atoms with van der Waals surface area (Å²) in [5.41, 5.74) is 8.60. The van der Waals surface area contributed by atoms with E-state index in [0.717, 1.165) is 25.9 Å². The van der Waals surface area contributed by atoms with Crippen molar-refractivity contribution in [3.8, 4) is 11.3 Å². The number of halogens is 1. The second kappa shape index (κ2) is 9.47. The molecular formula is C24H28FN7O2. The van der Waals surface area contributed by atoms with Crippen LogP contribution in [0.15, 0.2) is 37.2 Å². The maximum atomic E-state index is 15.1. The van der Waals surface area contributed by atoms with E-state index in [1.165, 1.54) is 18.5 Å². The van der Waals surface area contributed by atoms with Gasteiger partial charge in [0, 0.05) is 43.9 Å². The third kappa shape index (κ3) is 4.26. The highest BCUT2D eigenvalue weighted by Gasteiger charge is 2.28. The number of morpholine rings is 1. The lowest BCUT2D eigenvalue weighted by Gasteiger charge is -2.32. The van der Waals surface area contributed by atoms with Gasteiger partial charge in [0.25, 0.3) is 0 Å². The van der Waals surface area contributed by atoms with E-state index in [2.05, 4.69) is 21.4 Å². The molecule has 4 heterocycles. The zero-order chi connectivity index (χ0) is 23.7. The van der Waals surface area contributed by atoms with E-state index in [0.29, 0.717) is 66.5 Å². The number of likely N-dealkylation sites (tertiary alicyclic amines) is 1. The lowest BCUT2D eigenvalue weighted by molar-refractivity contribution is -0.127. The predicted molar refractivity (Wildman–Crippen MR) is 126 cm³/mol. The fourth-order valence-corrected chi connectivity index (χ4v) is 4.76. The van der Waals surface area contributed by atoms with Crippen molar-refractivity contribution in [3.05, 3.63) is 48.6 Å². The number of rotatable bonds is 5. The van der Waals surface area contributed by atoms with E-state index in [-0.39, 0.29) is 17.8 Å². The first-order valence-corrected chi connectivity index (χ1v) is 11.5. The highest BCUT2D eigenvalue weighted by Crippen LogP contribution is 2.34. The minimum Gasteiger partial charge on any atom is -0.383 e. The van der Waals surface area contributed by atoms with Crippen LogP contribution < -0.4 is 5.73 Å². The van der Waals surface area contributed by atoms with Gasteiger partial charge < -0.3 is 15.4 Å². The fourth-order valence-electron chi connectivity index (χ4n) is 4.76. The normalized spacial score (nSPS) is 19.4. The van der Waals surface area contributed by atoms with Gasteiger partial charge in [0.05, 0.1) is 24.6 Å². The Morgan fingerprint density at radius 3 is 2.85 bits per heavy atom. The summed E-state index contributed by atoms with van der Waals surface area (Å²) in [5, 5.41) is 5.42. The third-order valence-electron chi connectivity index (χ3n) is 6.57. The summed E-state index contributed by atoms with van der Waals surface area (Å²) in [6, 6.07) is 5.10. The van der Waals surface area contributed by atoms with Crippen LogP contribution in [-0.4, -0.2) is 74.8 Å². The first-order valence-electron chi connectivity index (χ1n) is 11.5. The van der Waals surface area contributed by atoms with Crippen LogP contribution in [-0.2, 0) is 16.1 Å². The number of piperidine rings is 1. The van der Waals surface area contributed by atoms with Gasteiger partial charge >= 0.3 is 0 Å². The van der Waals surface area contributed by atoms with Crippen LogP contribution in [0.2, 0.25) is 0 Å². The Balaban J connectivity index is 1.50. The summed E-state index contributed by atoms with van der Waals surface area (Å²) in [4.78, 5) is 24.7. The number of hydrogen-bond donors (Lipinski definition) is 1. The molecule has 3 aromatic rings. The van der Waals surface area contributed by atoms with E-state index in [1.807, 2.05) is 10.7 Å². The molecule has 0 radical (unpaired) electrons. The summed E-state index contributed by atoms with van der Waals surface area (Å²) < 4.78 is 22.3. The Labute approximate surface area is 197 Å². The monoisotopic (exact) mass is 465 g/mol. The van der Waals surface area contributed by atoms with Gasteiger partial charge in [0.1, 0.15) is 23.7 Å². The van der Waals surface area contributed by atoms with Gasteiger partial charge in [-0.15, -0.1) is 0 Å². The second-order valence-electron chi connectivity index (χ2n) is 8.73. The second-order valence-corrected chi connectivity index (χ2v) is 8.73. The Bertz CT molecular complexity index is 1220. The van der Waals surface area contributed by atoms with Crippen molar-refractivity contribution in [3.63, 3.8) is 0 Å². The van der Waals surface area contributed by atoms with Crippen LogP contribution in [0.1, 0.15) is 24.4 Å². The van der Waals surface area contributed by atoms with E-state index in [1.54, 1.807) is 11.0 Å². The molecule has 2 N–H and O–H groups in total. The van der Waals surface area contributed by atoms with Crippen molar-refractivity contribution in [1.82, 2.24) is 29.5 Å². The molecule has 1 unspecified atom stereocenters. The van der Waals surface area contributed by atoms with Gasteiger partial charge in [-0.05, 0) is 25.0 Å². The first kappa shape index (κ1) is 22.4. The Hall–Kier alpha value is -3.37. The Morgan fingerprint density at radius 2 is 2.09 bits per heavy atom. The standard InChI is InChI=1S/C24H28FN7O2/c1-2-20(33)31-7-3-4-18(14-31)32-24-21(23(26)27-15-28-24)22(29-32)16-5-6-17(19(25)12-16)13-30-8-10-34-11-9-30/h2,5-6,12,15,18H,1,3-4,7-11,13-14H2,(H2,26,27,28). The average molecular weight is 466 g/mol. The number of nitrogens with zero attached hydrogens (tertiary/aromatic N) is 6. The summed E-state index contributed by atoms with van der Waals surface area (Å²) in [5.74, 6) is -0.102. The molecule has 0 saturated carbocycles. The van der Waals surface area contributed by atoms with Gasteiger partial charge in [-0.2, -0.15) is 5.10 Å². The predicted octanol–water partition coefficient (Wildman–Crippen LogP) is 2.40. The molecule has 2 fully saturated rings. The zero-order valence-electron chi connectivity index (χ0n) is 19.0. The van der Waals surface area contributed by atoms with Gasteiger partial charge in [0.2, 0.25) is 5.91 Å². The van der Waals surface area contributed by atoms with E-state index < -0.39 is 0 Å². The molecule has 178 valence electrons. The van der Waals surface area contributed by atoms with Crippen molar-refractivity contribution in [2.75, 3.05) is 45.1 Å². The van der Waals surface area contributed by atoms with Gasteiger partial charge in [-0.1, -0.05) is 18.7 Å². The molecule has 1 aromatic carbocycles. The molecule has 0 aliphatic carbocycles. The lowest BCUT2D eigenvalue weighted by Crippen LogP contribution is -2.40. The number of fused-ring (bicyclic) bond motifs is 1. The number of nitrogen functional groups attached to an aromatic ring is 1. The van der Waals surface area contributed by atoms with Gasteiger partial charge in [-0.3, -0.25) is 9.69 Å². The maximum Gasteiger partial charge on any atom is 0.246 e. The Kier molecular flexibility index (Phi) is 6.25. The SMILES string of the molecule is C=CC(=O)N1CCCC(n2nc(-c3ccc(CN4CCOCC4)c(F)c3)c3c(N)ncnc32)C1. The highest BCUT2D eigenvalue weighted by atomic mass is 19.1. The Morgan fingerprint density at radius 1 is 1.26 bits per heavy atom. The fraction of sp³-hybridized carbons (Fsp3) is 0.417. The minimum absolute atomic E-state index is 0.0753. The van der Waals surface area contributed by atoms with Crippen molar-refractivity contribution >= 4 is 22.8 Å². The number of carbonyl (C=O) groups is 1. The number of aromatic nitrogens is 4. The van der Waals surface area contributed by atoms with Gasteiger partial charge in [0.15, 0.2) is 5.65 Å². The topological polar surface area (TPSA) is 102 Å². The molecule has 10 heteroatoms. The average Bonchev–Trinajstić information content (AvgIpc) is 3.26. The number of amides is 1. The molecule has 34 heavy (non-hydrogen) atoms. The minimum atomic E-state index is -0.289. The number of ether oxygens (including phenoxy) is 1. The van der Waals surface area contributed by atoms with Crippen molar-refractivity contribution < 1.29 is 13.9 Å². The molecule has 1 amide bonds. The maximum absolute atomic E-state index is 15.1. The number of anilines is 1. The van der Waals surface area contributed by atoms with E-state index >= 15 is 4.39 Å². The third-order valence-corrected chi connectivity index (χ3v) is 6.57. The van der Waals surface area contributed by atoms with Crippen LogP contribution in [0.5, 0.6) is 0 Å². The number of carbonyl (C=O) groups excluding carboxylic acids is 1. The quantitative estimate of drug-likeness (QED) is 0.577. The largest absolute Gasteiger partial charge is 0.383 e. The molecule has 0 spiro atoms. The number of nitrogens with two attached hydrogens (primary N) is 1. The summed E-state index contributed by atoms with van der Waals surface area (Å²) in [7, 11) is 0. The van der Waals surface area contributed by atoms with E-state index in [9.17, 15) is 4.79 Å².